The first-order valence-corrected chi connectivity index (χ1v) is 7.67. The van der Waals surface area contributed by atoms with Crippen molar-refractivity contribution in [2.24, 2.45) is 5.92 Å². The zero-order valence-corrected chi connectivity index (χ0v) is 12.0. The molecular formula is C15H29NO2. The maximum atomic E-state index is 5.96. The Hall–Kier alpha value is -0.120. The Bertz CT molecular complexity index is 233. The number of ether oxygens (including phenoxy) is 2. The number of hydrogen-bond acceptors (Lipinski definition) is 3. The van der Waals surface area contributed by atoms with E-state index >= 15 is 0 Å². The van der Waals surface area contributed by atoms with Crippen LogP contribution in [0.3, 0.4) is 0 Å². The molecule has 3 nitrogen and oxygen atoms in total. The molecule has 1 unspecified atom stereocenters. The predicted octanol–water partition coefficient (Wildman–Crippen LogP) is 2.74. The van der Waals surface area contributed by atoms with Gasteiger partial charge in [-0.15, -0.1) is 0 Å². The minimum Gasteiger partial charge on any atom is -0.381 e. The van der Waals surface area contributed by atoms with E-state index in [1.54, 1.807) is 0 Å². The fraction of sp³-hybridized carbons (Fsp3) is 1.00. The second-order valence-corrected chi connectivity index (χ2v) is 5.88. The van der Waals surface area contributed by atoms with Crippen molar-refractivity contribution >= 4 is 0 Å². The van der Waals surface area contributed by atoms with E-state index < -0.39 is 0 Å². The number of likely N-dealkylation sites (N-methyl/N-ethyl adjacent to an activating group) is 1. The van der Waals surface area contributed by atoms with Crippen molar-refractivity contribution in [1.82, 2.24) is 5.32 Å². The third kappa shape index (κ3) is 3.25. The molecule has 0 radical (unpaired) electrons. The molecule has 2 fully saturated rings. The average molecular weight is 255 g/mol. The van der Waals surface area contributed by atoms with Crippen molar-refractivity contribution in [3.63, 3.8) is 0 Å². The van der Waals surface area contributed by atoms with E-state index in [-0.39, 0.29) is 5.60 Å². The van der Waals surface area contributed by atoms with E-state index in [1.807, 2.05) is 7.11 Å². The van der Waals surface area contributed by atoms with Crippen LogP contribution in [0.25, 0.3) is 0 Å². The summed E-state index contributed by atoms with van der Waals surface area (Å²) in [6.07, 6.45) is 9.03. The molecule has 1 aliphatic carbocycles. The minimum absolute atomic E-state index is 0.0108. The summed E-state index contributed by atoms with van der Waals surface area (Å²) in [4.78, 5) is 0. The van der Waals surface area contributed by atoms with Crippen LogP contribution in [0, 0.1) is 5.92 Å². The van der Waals surface area contributed by atoms with Gasteiger partial charge in [-0.2, -0.15) is 0 Å². The Morgan fingerprint density at radius 3 is 2.50 bits per heavy atom. The van der Waals surface area contributed by atoms with Crippen LogP contribution in [0.4, 0.5) is 0 Å². The van der Waals surface area contributed by atoms with Gasteiger partial charge in [-0.25, -0.2) is 0 Å². The van der Waals surface area contributed by atoms with Crippen LogP contribution in [0.2, 0.25) is 0 Å². The van der Waals surface area contributed by atoms with Gasteiger partial charge < -0.3 is 14.8 Å². The lowest BCUT2D eigenvalue weighted by molar-refractivity contribution is -0.113. The van der Waals surface area contributed by atoms with Gasteiger partial charge >= 0.3 is 0 Å². The van der Waals surface area contributed by atoms with Crippen LogP contribution in [-0.2, 0) is 9.47 Å². The molecular weight excluding hydrogens is 226 g/mol. The van der Waals surface area contributed by atoms with Crippen LogP contribution in [-0.4, -0.2) is 38.5 Å². The van der Waals surface area contributed by atoms with Gasteiger partial charge in [0, 0.05) is 39.2 Å². The average Bonchev–Trinajstić information content (AvgIpc) is 2.92. The second-order valence-electron chi connectivity index (χ2n) is 5.88. The summed E-state index contributed by atoms with van der Waals surface area (Å²) >= 11 is 0. The molecule has 1 saturated heterocycles. The maximum Gasteiger partial charge on any atom is 0.0874 e. The summed E-state index contributed by atoms with van der Waals surface area (Å²) in [6.45, 7) is 4.93. The maximum absolute atomic E-state index is 5.96. The lowest BCUT2D eigenvalue weighted by atomic mass is 9.80. The summed E-state index contributed by atoms with van der Waals surface area (Å²) in [5, 5.41) is 3.69. The second kappa shape index (κ2) is 6.88. The molecule has 0 aromatic rings. The van der Waals surface area contributed by atoms with Gasteiger partial charge in [-0.3, -0.25) is 0 Å². The molecule has 18 heavy (non-hydrogen) atoms. The fourth-order valence-electron chi connectivity index (χ4n) is 3.72. The van der Waals surface area contributed by atoms with Crippen molar-refractivity contribution < 1.29 is 9.47 Å². The standard InChI is InChI=1S/C15H29NO2/c1-3-16-14(12-13-6-4-5-7-13)15(17-2)8-10-18-11-9-15/h13-14,16H,3-12H2,1-2H3. The Kier molecular flexibility index (Phi) is 5.46. The highest BCUT2D eigenvalue weighted by Gasteiger charge is 2.41. The molecule has 1 atom stereocenters. The number of nitrogens with one attached hydrogen (secondary N) is 1. The third-order valence-corrected chi connectivity index (χ3v) is 4.88. The molecule has 106 valence electrons. The first kappa shape index (κ1) is 14.3. The SMILES string of the molecule is CCNC(CC1CCCC1)C1(OC)CCOCC1. The van der Waals surface area contributed by atoms with E-state index in [0.29, 0.717) is 6.04 Å². The Balaban J connectivity index is 2.00. The molecule has 2 rings (SSSR count). The first-order valence-electron chi connectivity index (χ1n) is 7.67. The molecule has 1 saturated carbocycles. The Labute approximate surface area is 112 Å². The molecule has 0 amide bonds. The van der Waals surface area contributed by atoms with Crippen LogP contribution in [0.15, 0.2) is 0 Å². The molecule has 0 aromatic carbocycles. The molecule has 1 heterocycles. The number of methoxy groups -OCH3 is 1. The molecule has 0 spiro atoms. The van der Waals surface area contributed by atoms with Gasteiger partial charge in [0.15, 0.2) is 0 Å². The van der Waals surface area contributed by atoms with Crippen molar-refractivity contribution in [3.05, 3.63) is 0 Å². The van der Waals surface area contributed by atoms with Gasteiger partial charge in [0.1, 0.15) is 0 Å². The van der Waals surface area contributed by atoms with Crippen molar-refractivity contribution in [1.29, 1.82) is 0 Å². The summed E-state index contributed by atoms with van der Waals surface area (Å²) in [7, 11) is 1.88. The van der Waals surface area contributed by atoms with Gasteiger partial charge in [0.25, 0.3) is 0 Å². The van der Waals surface area contributed by atoms with Crippen LogP contribution < -0.4 is 5.32 Å². The highest BCUT2D eigenvalue weighted by atomic mass is 16.5. The van der Waals surface area contributed by atoms with Crippen LogP contribution in [0.5, 0.6) is 0 Å². The summed E-state index contributed by atoms with van der Waals surface area (Å²) in [5.41, 5.74) is 0.0108. The normalized spacial score (nSPS) is 26.3. The Morgan fingerprint density at radius 2 is 1.94 bits per heavy atom. The van der Waals surface area contributed by atoms with Gasteiger partial charge in [-0.05, 0) is 18.9 Å². The van der Waals surface area contributed by atoms with E-state index in [1.165, 1.54) is 32.1 Å². The minimum atomic E-state index is 0.0108. The van der Waals surface area contributed by atoms with Crippen LogP contribution in [0.1, 0.15) is 51.9 Å². The van der Waals surface area contributed by atoms with Crippen molar-refractivity contribution in [2.45, 2.75) is 63.5 Å². The third-order valence-electron chi connectivity index (χ3n) is 4.88. The van der Waals surface area contributed by atoms with E-state index in [9.17, 15) is 0 Å². The summed E-state index contributed by atoms with van der Waals surface area (Å²) < 4.78 is 11.5. The molecule has 0 aromatic heterocycles. The first-order chi connectivity index (χ1) is 8.80. The lowest BCUT2D eigenvalue weighted by Gasteiger charge is -2.43. The van der Waals surface area contributed by atoms with Gasteiger partial charge in [0.05, 0.1) is 5.60 Å². The lowest BCUT2D eigenvalue weighted by Crippen LogP contribution is -2.55. The smallest absolute Gasteiger partial charge is 0.0874 e. The zero-order valence-electron chi connectivity index (χ0n) is 12.0. The number of rotatable bonds is 6. The van der Waals surface area contributed by atoms with Crippen molar-refractivity contribution in [2.75, 3.05) is 26.9 Å². The van der Waals surface area contributed by atoms with Crippen LogP contribution >= 0.6 is 0 Å². The molecule has 3 heteroatoms. The monoisotopic (exact) mass is 255 g/mol. The van der Waals surface area contributed by atoms with E-state index in [2.05, 4.69) is 12.2 Å². The van der Waals surface area contributed by atoms with Gasteiger partial charge in [0.2, 0.25) is 0 Å². The highest BCUT2D eigenvalue weighted by Crippen LogP contribution is 2.36. The Morgan fingerprint density at radius 1 is 1.28 bits per heavy atom. The quantitative estimate of drug-likeness (QED) is 0.791. The number of hydrogen-bond donors (Lipinski definition) is 1. The zero-order chi connectivity index (χ0) is 12.8. The predicted molar refractivity (Wildman–Crippen MR) is 73.8 cm³/mol. The fourth-order valence-corrected chi connectivity index (χ4v) is 3.72. The summed E-state index contributed by atoms with van der Waals surface area (Å²) in [5.74, 6) is 0.906. The van der Waals surface area contributed by atoms with E-state index in [0.717, 1.165) is 38.5 Å². The van der Waals surface area contributed by atoms with Gasteiger partial charge in [-0.1, -0.05) is 32.6 Å². The highest BCUT2D eigenvalue weighted by molar-refractivity contribution is 4.96. The van der Waals surface area contributed by atoms with E-state index in [4.69, 9.17) is 9.47 Å². The van der Waals surface area contributed by atoms with Crippen molar-refractivity contribution in [3.8, 4) is 0 Å². The largest absolute Gasteiger partial charge is 0.381 e. The summed E-state index contributed by atoms with van der Waals surface area (Å²) in [6, 6.07) is 0.500. The molecule has 0 bridgehead atoms. The molecule has 2 aliphatic rings. The topological polar surface area (TPSA) is 30.5 Å². The molecule has 1 N–H and O–H groups in total. The molecule has 1 aliphatic heterocycles.